The number of hydrogen-bond acceptors (Lipinski definition) is 3. The summed E-state index contributed by atoms with van der Waals surface area (Å²) in [6.45, 7) is 13.5. The van der Waals surface area contributed by atoms with E-state index in [0.717, 1.165) is 38.2 Å². The highest BCUT2D eigenvalue weighted by atomic mass is 16.5. The summed E-state index contributed by atoms with van der Waals surface area (Å²) < 4.78 is 8.18. The third-order valence-electron chi connectivity index (χ3n) is 4.01. The van der Waals surface area contributed by atoms with Crippen molar-refractivity contribution in [2.24, 2.45) is 0 Å². The quantitative estimate of drug-likeness (QED) is 0.889. The Hall–Kier alpha value is -0.870. The molecule has 1 aliphatic rings. The molecule has 1 fully saturated rings. The van der Waals surface area contributed by atoms with Crippen molar-refractivity contribution in [2.75, 3.05) is 6.54 Å². The highest BCUT2D eigenvalue weighted by molar-refractivity contribution is 5.24. The van der Waals surface area contributed by atoms with Gasteiger partial charge in [0.25, 0.3) is 0 Å². The Bertz CT molecular complexity index is 437. The molecule has 1 N–H and O–H groups in total. The van der Waals surface area contributed by atoms with Crippen LogP contribution in [-0.4, -0.2) is 28.0 Å². The zero-order valence-electron chi connectivity index (χ0n) is 12.9. The molecule has 2 heterocycles. The number of rotatable bonds is 5. The van der Waals surface area contributed by atoms with Crippen LogP contribution in [0.2, 0.25) is 0 Å². The van der Waals surface area contributed by atoms with Gasteiger partial charge in [-0.25, -0.2) is 0 Å². The van der Waals surface area contributed by atoms with E-state index in [1.807, 2.05) is 0 Å². The van der Waals surface area contributed by atoms with Crippen LogP contribution in [0.3, 0.4) is 0 Å². The summed E-state index contributed by atoms with van der Waals surface area (Å²) in [6.07, 6.45) is 2.58. The first kappa shape index (κ1) is 14.5. The summed E-state index contributed by atoms with van der Waals surface area (Å²) in [5, 5.41) is 8.05. The maximum atomic E-state index is 6.06. The molecule has 0 bridgehead atoms. The SMILES string of the molecule is CCNCc1c(C)nn(CC2CCC(C)(C)O2)c1C. The predicted molar refractivity (Wildman–Crippen MR) is 77.3 cm³/mol. The number of hydrogen-bond donors (Lipinski definition) is 1. The second-order valence-corrected chi connectivity index (χ2v) is 6.15. The van der Waals surface area contributed by atoms with Crippen LogP contribution in [0, 0.1) is 13.8 Å². The second kappa shape index (κ2) is 5.63. The van der Waals surface area contributed by atoms with E-state index in [1.165, 1.54) is 11.3 Å². The molecule has 4 nitrogen and oxygen atoms in total. The monoisotopic (exact) mass is 265 g/mol. The Morgan fingerprint density at radius 2 is 2.16 bits per heavy atom. The van der Waals surface area contributed by atoms with Crippen molar-refractivity contribution in [3.05, 3.63) is 17.0 Å². The lowest BCUT2D eigenvalue weighted by Crippen LogP contribution is -2.23. The van der Waals surface area contributed by atoms with Crippen LogP contribution in [0.1, 0.15) is 50.6 Å². The molecule has 1 atom stereocenters. The minimum atomic E-state index is 0.0351. The Kier molecular flexibility index (Phi) is 4.31. The molecule has 0 aromatic carbocycles. The van der Waals surface area contributed by atoms with Crippen molar-refractivity contribution < 1.29 is 4.74 Å². The summed E-state index contributed by atoms with van der Waals surface area (Å²) in [5.41, 5.74) is 3.77. The predicted octanol–water partition coefficient (Wildman–Crippen LogP) is 2.57. The molecule has 1 unspecified atom stereocenters. The first-order valence-corrected chi connectivity index (χ1v) is 7.34. The van der Waals surface area contributed by atoms with Crippen LogP contribution in [0.15, 0.2) is 0 Å². The van der Waals surface area contributed by atoms with Crippen LogP contribution in [0.5, 0.6) is 0 Å². The van der Waals surface area contributed by atoms with Crippen molar-refractivity contribution in [1.29, 1.82) is 0 Å². The summed E-state index contributed by atoms with van der Waals surface area (Å²) >= 11 is 0. The zero-order chi connectivity index (χ0) is 14.0. The highest BCUT2D eigenvalue weighted by Gasteiger charge is 2.32. The first-order chi connectivity index (χ1) is 8.93. The van der Waals surface area contributed by atoms with Gasteiger partial charge in [0.05, 0.1) is 23.9 Å². The number of ether oxygens (including phenoxy) is 1. The van der Waals surface area contributed by atoms with Gasteiger partial charge in [0.2, 0.25) is 0 Å². The van der Waals surface area contributed by atoms with Gasteiger partial charge in [-0.2, -0.15) is 5.10 Å². The molecule has 0 aliphatic carbocycles. The molecule has 1 aromatic heterocycles. The van der Waals surface area contributed by atoms with Gasteiger partial charge in [-0.15, -0.1) is 0 Å². The Balaban J connectivity index is 2.05. The van der Waals surface area contributed by atoms with Crippen molar-refractivity contribution in [3.8, 4) is 0 Å². The normalized spacial score (nSPS) is 22.1. The van der Waals surface area contributed by atoms with Gasteiger partial charge in [-0.05, 0) is 47.1 Å². The van der Waals surface area contributed by atoms with Crippen molar-refractivity contribution in [2.45, 2.75) is 72.3 Å². The molecule has 4 heteroatoms. The Morgan fingerprint density at radius 1 is 1.42 bits per heavy atom. The number of aryl methyl sites for hydroxylation is 1. The van der Waals surface area contributed by atoms with Crippen LogP contribution < -0.4 is 5.32 Å². The maximum absolute atomic E-state index is 6.06. The van der Waals surface area contributed by atoms with Gasteiger partial charge in [0.1, 0.15) is 0 Å². The zero-order valence-corrected chi connectivity index (χ0v) is 12.9. The fourth-order valence-corrected chi connectivity index (χ4v) is 2.82. The van der Waals surface area contributed by atoms with Gasteiger partial charge in [0.15, 0.2) is 0 Å². The molecular formula is C15H27N3O. The molecule has 0 radical (unpaired) electrons. The molecule has 0 saturated carbocycles. The molecule has 1 aromatic rings. The summed E-state index contributed by atoms with van der Waals surface area (Å²) in [6, 6.07) is 0. The Morgan fingerprint density at radius 3 is 2.74 bits per heavy atom. The molecule has 0 amide bonds. The van der Waals surface area contributed by atoms with E-state index in [0.29, 0.717) is 6.10 Å². The summed E-state index contributed by atoms with van der Waals surface area (Å²) in [4.78, 5) is 0. The van der Waals surface area contributed by atoms with E-state index in [4.69, 9.17) is 4.74 Å². The van der Waals surface area contributed by atoms with Crippen LogP contribution in [0.25, 0.3) is 0 Å². The van der Waals surface area contributed by atoms with E-state index < -0.39 is 0 Å². The largest absolute Gasteiger partial charge is 0.370 e. The third-order valence-corrected chi connectivity index (χ3v) is 4.01. The van der Waals surface area contributed by atoms with E-state index in [-0.39, 0.29) is 5.60 Å². The number of nitrogens with one attached hydrogen (secondary N) is 1. The van der Waals surface area contributed by atoms with E-state index in [1.54, 1.807) is 0 Å². The lowest BCUT2D eigenvalue weighted by molar-refractivity contribution is -0.0232. The van der Waals surface area contributed by atoms with Gasteiger partial charge < -0.3 is 10.1 Å². The topological polar surface area (TPSA) is 39.1 Å². The van der Waals surface area contributed by atoms with E-state index in [2.05, 4.69) is 49.7 Å². The number of nitrogens with zero attached hydrogens (tertiary/aromatic N) is 2. The van der Waals surface area contributed by atoms with E-state index in [9.17, 15) is 0 Å². The van der Waals surface area contributed by atoms with Crippen LogP contribution in [-0.2, 0) is 17.8 Å². The standard InChI is InChI=1S/C15H27N3O/c1-6-16-9-14-11(2)17-18(12(14)3)10-13-7-8-15(4,5)19-13/h13,16H,6-10H2,1-5H3. The highest BCUT2D eigenvalue weighted by Crippen LogP contribution is 2.30. The average Bonchev–Trinajstić information content (AvgIpc) is 2.79. The molecule has 1 aliphatic heterocycles. The smallest absolute Gasteiger partial charge is 0.0779 e. The summed E-state index contributed by atoms with van der Waals surface area (Å²) in [5.74, 6) is 0. The molecule has 1 saturated heterocycles. The fourth-order valence-electron chi connectivity index (χ4n) is 2.82. The minimum Gasteiger partial charge on any atom is -0.370 e. The lowest BCUT2D eigenvalue weighted by atomic mass is 10.1. The molecule has 0 spiro atoms. The van der Waals surface area contributed by atoms with Gasteiger partial charge in [-0.3, -0.25) is 4.68 Å². The van der Waals surface area contributed by atoms with Gasteiger partial charge in [0, 0.05) is 17.8 Å². The first-order valence-electron chi connectivity index (χ1n) is 7.34. The average molecular weight is 265 g/mol. The fraction of sp³-hybridized carbons (Fsp3) is 0.800. The minimum absolute atomic E-state index is 0.0351. The van der Waals surface area contributed by atoms with Gasteiger partial charge >= 0.3 is 0 Å². The maximum Gasteiger partial charge on any atom is 0.0779 e. The van der Waals surface area contributed by atoms with Gasteiger partial charge in [-0.1, -0.05) is 6.92 Å². The van der Waals surface area contributed by atoms with Crippen molar-refractivity contribution >= 4 is 0 Å². The van der Waals surface area contributed by atoms with Crippen molar-refractivity contribution in [1.82, 2.24) is 15.1 Å². The number of aromatic nitrogens is 2. The molecule has 2 rings (SSSR count). The Labute approximate surface area is 116 Å². The molecule has 108 valence electrons. The second-order valence-electron chi connectivity index (χ2n) is 6.15. The van der Waals surface area contributed by atoms with Crippen LogP contribution in [0.4, 0.5) is 0 Å². The molecular weight excluding hydrogens is 238 g/mol. The summed E-state index contributed by atoms with van der Waals surface area (Å²) in [7, 11) is 0. The van der Waals surface area contributed by atoms with E-state index >= 15 is 0 Å². The van der Waals surface area contributed by atoms with Crippen LogP contribution >= 0.6 is 0 Å². The lowest BCUT2D eigenvalue weighted by Gasteiger charge is -2.19. The third kappa shape index (κ3) is 3.37. The van der Waals surface area contributed by atoms with Crippen molar-refractivity contribution in [3.63, 3.8) is 0 Å². The molecule has 19 heavy (non-hydrogen) atoms.